The Bertz CT molecular complexity index is 456. The van der Waals surface area contributed by atoms with Crippen LogP contribution in [0.4, 0.5) is 28.0 Å². The summed E-state index contributed by atoms with van der Waals surface area (Å²) in [6.07, 6.45) is -4.79. The van der Waals surface area contributed by atoms with Gasteiger partial charge < -0.3 is 10.2 Å². The van der Waals surface area contributed by atoms with E-state index in [1.165, 1.54) is 4.90 Å². The van der Waals surface area contributed by atoms with Gasteiger partial charge in [0.1, 0.15) is 0 Å². The quantitative estimate of drug-likeness (QED) is 0.840. The van der Waals surface area contributed by atoms with Crippen molar-refractivity contribution in [3.63, 3.8) is 0 Å². The van der Waals surface area contributed by atoms with Crippen LogP contribution in [0, 0.1) is 5.82 Å². The summed E-state index contributed by atoms with van der Waals surface area (Å²) in [7, 11) is 0. The van der Waals surface area contributed by atoms with Gasteiger partial charge in [-0.05, 0) is 26.0 Å². The highest BCUT2D eigenvalue weighted by Gasteiger charge is 2.35. The second-order valence-electron chi connectivity index (χ2n) is 3.77. The molecule has 0 aromatic heterocycles. The lowest BCUT2D eigenvalue weighted by Gasteiger charge is -2.20. The maximum absolute atomic E-state index is 13.6. The van der Waals surface area contributed by atoms with Crippen LogP contribution in [0.1, 0.15) is 19.4 Å². The molecule has 7 heteroatoms. The molecule has 3 nitrogen and oxygen atoms in total. The minimum atomic E-state index is -4.79. The van der Waals surface area contributed by atoms with E-state index in [0.717, 1.165) is 12.1 Å². The molecule has 0 unspecified atom stereocenters. The number of carbonyl (C=O) groups is 1. The number of carbonyl (C=O) groups excluding carboxylic acids is 1. The number of halogens is 4. The largest absolute Gasteiger partial charge is 0.419 e. The Labute approximate surface area is 108 Å². The van der Waals surface area contributed by atoms with Crippen LogP contribution in [0.3, 0.4) is 0 Å². The second kappa shape index (κ2) is 5.90. The van der Waals surface area contributed by atoms with E-state index in [0.29, 0.717) is 19.2 Å². The molecule has 0 spiro atoms. The molecule has 1 aromatic rings. The summed E-state index contributed by atoms with van der Waals surface area (Å²) in [5.41, 5.74) is -1.88. The highest BCUT2D eigenvalue weighted by Crippen LogP contribution is 2.33. The van der Waals surface area contributed by atoms with Crippen LogP contribution in [-0.4, -0.2) is 24.0 Å². The Hall–Kier alpha value is -1.79. The van der Waals surface area contributed by atoms with Crippen molar-refractivity contribution in [2.24, 2.45) is 0 Å². The average molecular weight is 278 g/mol. The number of anilines is 1. The Morgan fingerprint density at radius 1 is 1.26 bits per heavy atom. The Morgan fingerprint density at radius 2 is 1.84 bits per heavy atom. The fourth-order valence-corrected chi connectivity index (χ4v) is 1.55. The van der Waals surface area contributed by atoms with Crippen LogP contribution in [0.2, 0.25) is 0 Å². The third-order valence-corrected chi connectivity index (χ3v) is 2.60. The van der Waals surface area contributed by atoms with Crippen molar-refractivity contribution in [2.45, 2.75) is 20.0 Å². The average Bonchev–Trinajstić information content (AvgIpc) is 2.32. The van der Waals surface area contributed by atoms with Crippen molar-refractivity contribution in [1.29, 1.82) is 0 Å². The molecule has 1 rings (SSSR count). The minimum absolute atomic E-state index is 0.378. The lowest BCUT2D eigenvalue weighted by molar-refractivity contribution is -0.139. The highest BCUT2D eigenvalue weighted by atomic mass is 19.4. The van der Waals surface area contributed by atoms with Gasteiger partial charge in [0, 0.05) is 13.1 Å². The maximum atomic E-state index is 13.6. The van der Waals surface area contributed by atoms with E-state index in [-0.39, 0.29) is 0 Å². The first-order valence-corrected chi connectivity index (χ1v) is 5.72. The molecule has 0 fully saturated rings. The lowest BCUT2D eigenvalue weighted by Crippen LogP contribution is -2.34. The summed E-state index contributed by atoms with van der Waals surface area (Å²) in [4.78, 5) is 13.0. The predicted molar refractivity (Wildman–Crippen MR) is 63.3 cm³/mol. The van der Waals surface area contributed by atoms with Gasteiger partial charge in [-0.1, -0.05) is 6.07 Å². The first-order valence-electron chi connectivity index (χ1n) is 5.72. The van der Waals surface area contributed by atoms with E-state index >= 15 is 0 Å². The zero-order valence-electron chi connectivity index (χ0n) is 10.5. The molecule has 0 radical (unpaired) electrons. The van der Waals surface area contributed by atoms with Gasteiger partial charge in [-0.3, -0.25) is 0 Å². The van der Waals surface area contributed by atoms with Gasteiger partial charge in [-0.25, -0.2) is 9.18 Å². The number of alkyl halides is 3. The van der Waals surface area contributed by atoms with Gasteiger partial charge in [0.15, 0.2) is 5.82 Å². The third-order valence-electron chi connectivity index (χ3n) is 2.60. The first-order chi connectivity index (χ1) is 8.81. The summed E-state index contributed by atoms with van der Waals surface area (Å²) in [5, 5.41) is 2.14. The fraction of sp³-hybridized carbons (Fsp3) is 0.417. The summed E-state index contributed by atoms with van der Waals surface area (Å²) >= 11 is 0. The SMILES string of the molecule is CCN(CC)C(=O)Nc1cccc(C(F)(F)F)c1F. The summed E-state index contributed by atoms with van der Waals surface area (Å²) in [6, 6.07) is 2.13. The highest BCUT2D eigenvalue weighted by molar-refractivity contribution is 5.89. The molecule has 0 aliphatic rings. The first kappa shape index (κ1) is 15.3. The molecule has 1 N–H and O–H groups in total. The summed E-state index contributed by atoms with van der Waals surface area (Å²) < 4.78 is 51.1. The van der Waals surface area contributed by atoms with Crippen molar-refractivity contribution < 1.29 is 22.4 Å². The molecule has 2 amide bonds. The van der Waals surface area contributed by atoms with Crippen molar-refractivity contribution in [2.75, 3.05) is 18.4 Å². The van der Waals surface area contributed by atoms with E-state index in [9.17, 15) is 22.4 Å². The van der Waals surface area contributed by atoms with Crippen molar-refractivity contribution in [3.8, 4) is 0 Å². The molecule has 19 heavy (non-hydrogen) atoms. The van der Waals surface area contributed by atoms with E-state index in [4.69, 9.17) is 0 Å². The zero-order valence-corrected chi connectivity index (χ0v) is 10.5. The van der Waals surface area contributed by atoms with Gasteiger partial charge in [-0.2, -0.15) is 13.2 Å². The molecular formula is C12H14F4N2O. The number of urea groups is 1. The van der Waals surface area contributed by atoms with Gasteiger partial charge in [-0.15, -0.1) is 0 Å². The number of nitrogens with zero attached hydrogens (tertiary/aromatic N) is 1. The lowest BCUT2D eigenvalue weighted by atomic mass is 10.2. The summed E-state index contributed by atoms with van der Waals surface area (Å²) in [5.74, 6) is -1.48. The number of nitrogens with one attached hydrogen (secondary N) is 1. The minimum Gasteiger partial charge on any atom is -0.325 e. The van der Waals surface area contributed by atoms with Crippen LogP contribution < -0.4 is 5.32 Å². The standard InChI is InChI=1S/C12H14F4N2O/c1-3-18(4-2)11(19)17-9-7-5-6-8(10(9)13)12(14,15)16/h5-7H,3-4H2,1-2H3,(H,17,19). The Kier molecular flexibility index (Phi) is 4.74. The number of rotatable bonds is 3. The van der Waals surface area contributed by atoms with Crippen LogP contribution >= 0.6 is 0 Å². The van der Waals surface area contributed by atoms with Crippen LogP contribution in [0.25, 0.3) is 0 Å². The van der Waals surface area contributed by atoms with Crippen molar-refractivity contribution in [3.05, 3.63) is 29.6 Å². The molecule has 106 valence electrons. The molecule has 0 heterocycles. The molecular weight excluding hydrogens is 264 g/mol. The molecule has 1 aromatic carbocycles. The van der Waals surface area contributed by atoms with Crippen LogP contribution in [0.5, 0.6) is 0 Å². The van der Waals surface area contributed by atoms with E-state index < -0.39 is 29.3 Å². The predicted octanol–water partition coefficient (Wildman–Crippen LogP) is 3.72. The van der Waals surface area contributed by atoms with Crippen molar-refractivity contribution >= 4 is 11.7 Å². The maximum Gasteiger partial charge on any atom is 0.419 e. The fourth-order valence-electron chi connectivity index (χ4n) is 1.55. The number of hydrogen-bond donors (Lipinski definition) is 1. The molecule has 0 saturated heterocycles. The second-order valence-corrected chi connectivity index (χ2v) is 3.77. The smallest absolute Gasteiger partial charge is 0.325 e. The molecule has 0 aliphatic heterocycles. The van der Waals surface area contributed by atoms with Gasteiger partial charge in [0.2, 0.25) is 0 Å². The number of benzene rings is 1. The molecule has 0 saturated carbocycles. The molecule has 0 atom stereocenters. The van der Waals surface area contributed by atoms with E-state index in [1.54, 1.807) is 13.8 Å². The molecule has 0 bridgehead atoms. The Morgan fingerprint density at radius 3 is 2.32 bits per heavy atom. The number of amides is 2. The van der Waals surface area contributed by atoms with Gasteiger partial charge >= 0.3 is 12.2 Å². The van der Waals surface area contributed by atoms with E-state index in [1.807, 2.05) is 0 Å². The van der Waals surface area contributed by atoms with Crippen LogP contribution in [-0.2, 0) is 6.18 Å². The van der Waals surface area contributed by atoms with E-state index in [2.05, 4.69) is 5.32 Å². The third kappa shape index (κ3) is 3.59. The Balaban J connectivity index is 3.00. The molecule has 0 aliphatic carbocycles. The summed E-state index contributed by atoms with van der Waals surface area (Å²) in [6.45, 7) is 4.18. The number of hydrogen-bond acceptors (Lipinski definition) is 1. The zero-order chi connectivity index (χ0) is 14.6. The monoisotopic (exact) mass is 278 g/mol. The van der Waals surface area contributed by atoms with Gasteiger partial charge in [0.25, 0.3) is 0 Å². The van der Waals surface area contributed by atoms with Gasteiger partial charge in [0.05, 0.1) is 11.3 Å². The van der Waals surface area contributed by atoms with Crippen LogP contribution in [0.15, 0.2) is 18.2 Å². The normalized spacial score (nSPS) is 11.3. The van der Waals surface area contributed by atoms with Crippen molar-refractivity contribution in [1.82, 2.24) is 4.90 Å². The topological polar surface area (TPSA) is 32.3 Å².